The quantitative estimate of drug-likeness (QED) is 0.814. The number of benzene rings is 1. The summed E-state index contributed by atoms with van der Waals surface area (Å²) in [4.78, 5) is 11.7. The second kappa shape index (κ2) is 8.40. The van der Waals surface area contributed by atoms with E-state index in [0.717, 1.165) is 18.4 Å². The molecule has 1 aromatic carbocycles. The van der Waals surface area contributed by atoms with Crippen LogP contribution in [0.25, 0.3) is 0 Å². The maximum atomic E-state index is 11.7. The number of hydrogen-bond acceptors (Lipinski definition) is 3. The molecular weight excluding hydrogens is 286 g/mol. The standard InChI is InChI=1S/C17H27NO2.ClH/c1-12(2)20-16(19)14-8-6-13(7-9-14)15(18)10-11-17(3,4)5;/h6-9,12,15H,10-11,18H2,1-5H3;1H/t15-;/m1./s1. The fourth-order valence-electron chi connectivity index (χ4n) is 1.90. The molecule has 3 nitrogen and oxygen atoms in total. The van der Waals surface area contributed by atoms with Gasteiger partial charge in [0.1, 0.15) is 0 Å². The Morgan fingerprint density at radius 3 is 2.14 bits per heavy atom. The smallest absolute Gasteiger partial charge is 0.338 e. The molecule has 0 saturated carbocycles. The molecule has 0 spiro atoms. The highest BCUT2D eigenvalue weighted by Crippen LogP contribution is 2.26. The van der Waals surface area contributed by atoms with Crippen molar-refractivity contribution < 1.29 is 9.53 Å². The van der Waals surface area contributed by atoms with E-state index in [-0.39, 0.29) is 30.5 Å². The van der Waals surface area contributed by atoms with Crippen LogP contribution in [0.2, 0.25) is 0 Å². The molecular formula is C17H28ClNO2. The average molecular weight is 314 g/mol. The number of halogens is 1. The Morgan fingerprint density at radius 1 is 1.19 bits per heavy atom. The number of esters is 1. The molecule has 1 atom stereocenters. The monoisotopic (exact) mass is 313 g/mol. The van der Waals surface area contributed by atoms with Gasteiger partial charge >= 0.3 is 5.97 Å². The molecule has 1 rings (SSSR count). The Balaban J connectivity index is 0.00000400. The Bertz CT molecular complexity index is 435. The molecule has 0 aromatic heterocycles. The van der Waals surface area contributed by atoms with Crippen molar-refractivity contribution in [3.05, 3.63) is 35.4 Å². The average Bonchev–Trinajstić information content (AvgIpc) is 2.34. The summed E-state index contributed by atoms with van der Waals surface area (Å²) in [5.41, 5.74) is 8.12. The number of carbonyl (C=O) groups excluding carboxylic acids is 1. The van der Waals surface area contributed by atoms with Crippen LogP contribution in [0.3, 0.4) is 0 Å². The fraction of sp³-hybridized carbons (Fsp3) is 0.588. The Kier molecular flexibility index (Phi) is 7.98. The number of carbonyl (C=O) groups is 1. The first-order chi connectivity index (χ1) is 9.19. The van der Waals surface area contributed by atoms with E-state index < -0.39 is 0 Å². The van der Waals surface area contributed by atoms with Crippen LogP contribution >= 0.6 is 12.4 Å². The number of hydrogen-bond donors (Lipinski definition) is 1. The van der Waals surface area contributed by atoms with Crippen LogP contribution < -0.4 is 5.73 Å². The van der Waals surface area contributed by atoms with Crippen LogP contribution in [-0.2, 0) is 4.74 Å². The highest BCUT2D eigenvalue weighted by molar-refractivity contribution is 5.89. The zero-order valence-electron chi connectivity index (χ0n) is 13.7. The highest BCUT2D eigenvalue weighted by Gasteiger charge is 2.15. The van der Waals surface area contributed by atoms with Crippen LogP contribution in [0.5, 0.6) is 0 Å². The summed E-state index contributed by atoms with van der Waals surface area (Å²) in [6.07, 6.45) is 1.92. The normalized spacial score (nSPS) is 12.7. The van der Waals surface area contributed by atoms with Gasteiger partial charge in [-0.1, -0.05) is 32.9 Å². The summed E-state index contributed by atoms with van der Waals surface area (Å²) in [5.74, 6) is -0.283. The third-order valence-corrected chi connectivity index (χ3v) is 3.12. The van der Waals surface area contributed by atoms with Crippen molar-refractivity contribution in [3.63, 3.8) is 0 Å². The third kappa shape index (κ3) is 7.49. The van der Waals surface area contributed by atoms with E-state index in [2.05, 4.69) is 20.8 Å². The molecule has 0 bridgehead atoms. The second-order valence-corrected chi connectivity index (χ2v) is 6.78. The SMILES string of the molecule is CC(C)OC(=O)c1ccc([C@H](N)CCC(C)(C)C)cc1.Cl. The molecule has 0 heterocycles. The van der Waals surface area contributed by atoms with Crippen LogP contribution in [0.4, 0.5) is 0 Å². The van der Waals surface area contributed by atoms with Crippen LogP contribution in [-0.4, -0.2) is 12.1 Å². The van der Waals surface area contributed by atoms with Gasteiger partial charge in [0.25, 0.3) is 0 Å². The van der Waals surface area contributed by atoms with Crippen molar-refractivity contribution in [2.75, 3.05) is 0 Å². The van der Waals surface area contributed by atoms with Gasteiger partial charge in [-0.25, -0.2) is 4.79 Å². The van der Waals surface area contributed by atoms with E-state index in [1.165, 1.54) is 0 Å². The van der Waals surface area contributed by atoms with Crippen molar-refractivity contribution in [2.45, 2.75) is 59.6 Å². The van der Waals surface area contributed by atoms with Crippen LogP contribution in [0.15, 0.2) is 24.3 Å². The minimum Gasteiger partial charge on any atom is -0.459 e. The molecule has 2 N–H and O–H groups in total. The molecule has 4 heteroatoms. The highest BCUT2D eigenvalue weighted by atomic mass is 35.5. The van der Waals surface area contributed by atoms with Gasteiger partial charge in [-0.05, 0) is 49.8 Å². The van der Waals surface area contributed by atoms with Gasteiger partial charge in [0.05, 0.1) is 11.7 Å². The number of ether oxygens (including phenoxy) is 1. The van der Waals surface area contributed by atoms with Crippen molar-refractivity contribution in [2.24, 2.45) is 11.1 Å². The van der Waals surface area contributed by atoms with E-state index in [9.17, 15) is 4.79 Å². The lowest BCUT2D eigenvalue weighted by Crippen LogP contribution is -2.15. The van der Waals surface area contributed by atoms with E-state index in [1.54, 1.807) is 12.1 Å². The lowest BCUT2D eigenvalue weighted by molar-refractivity contribution is 0.0378. The molecule has 0 aliphatic carbocycles. The molecule has 1 aromatic rings. The summed E-state index contributed by atoms with van der Waals surface area (Å²) < 4.78 is 5.16. The number of nitrogens with two attached hydrogens (primary N) is 1. The molecule has 0 amide bonds. The largest absolute Gasteiger partial charge is 0.459 e. The molecule has 0 fully saturated rings. The van der Waals surface area contributed by atoms with E-state index >= 15 is 0 Å². The first kappa shape index (κ1) is 19.9. The Hall–Kier alpha value is -1.06. The van der Waals surface area contributed by atoms with Crippen LogP contribution in [0, 0.1) is 5.41 Å². The van der Waals surface area contributed by atoms with Crippen molar-refractivity contribution in [1.29, 1.82) is 0 Å². The third-order valence-electron chi connectivity index (χ3n) is 3.12. The van der Waals surface area contributed by atoms with E-state index in [1.807, 2.05) is 26.0 Å². The van der Waals surface area contributed by atoms with Crippen LogP contribution in [0.1, 0.15) is 69.4 Å². The van der Waals surface area contributed by atoms with Gasteiger partial charge in [0.15, 0.2) is 0 Å². The molecule has 21 heavy (non-hydrogen) atoms. The predicted molar refractivity (Wildman–Crippen MR) is 89.9 cm³/mol. The maximum absolute atomic E-state index is 11.7. The lowest BCUT2D eigenvalue weighted by atomic mass is 9.87. The lowest BCUT2D eigenvalue weighted by Gasteiger charge is -2.21. The summed E-state index contributed by atoms with van der Waals surface area (Å²) in [6.45, 7) is 10.3. The van der Waals surface area contributed by atoms with Gasteiger partial charge in [-0.3, -0.25) is 0 Å². The fourth-order valence-corrected chi connectivity index (χ4v) is 1.90. The molecule has 120 valence electrons. The molecule has 0 unspecified atom stereocenters. The van der Waals surface area contributed by atoms with Crippen molar-refractivity contribution in [3.8, 4) is 0 Å². The molecule has 0 aliphatic heterocycles. The zero-order valence-corrected chi connectivity index (χ0v) is 14.5. The van der Waals surface area contributed by atoms with Gasteiger partial charge in [-0.15, -0.1) is 12.4 Å². The van der Waals surface area contributed by atoms with Crippen molar-refractivity contribution >= 4 is 18.4 Å². The van der Waals surface area contributed by atoms with Crippen molar-refractivity contribution in [1.82, 2.24) is 0 Å². The van der Waals surface area contributed by atoms with E-state index in [0.29, 0.717) is 11.0 Å². The summed E-state index contributed by atoms with van der Waals surface area (Å²) >= 11 is 0. The summed E-state index contributed by atoms with van der Waals surface area (Å²) in [5, 5.41) is 0. The first-order valence-electron chi connectivity index (χ1n) is 7.25. The minimum absolute atomic E-state index is 0. The zero-order chi connectivity index (χ0) is 15.3. The summed E-state index contributed by atoms with van der Waals surface area (Å²) in [6, 6.07) is 7.44. The Morgan fingerprint density at radius 2 is 1.71 bits per heavy atom. The van der Waals surface area contributed by atoms with Gasteiger partial charge in [0, 0.05) is 6.04 Å². The minimum atomic E-state index is -0.283. The summed E-state index contributed by atoms with van der Waals surface area (Å²) in [7, 11) is 0. The molecule has 0 saturated heterocycles. The second-order valence-electron chi connectivity index (χ2n) is 6.78. The maximum Gasteiger partial charge on any atom is 0.338 e. The number of rotatable bonds is 5. The van der Waals surface area contributed by atoms with Gasteiger partial charge in [0.2, 0.25) is 0 Å². The van der Waals surface area contributed by atoms with Gasteiger partial charge in [-0.2, -0.15) is 0 Å². The van der Waals surface area contributed by atoms with E-state index in [4.69, 9.17) is 10.5 Å². The molecule has 0 radical (unpaired) electrons. The Labute approximate surface area is 134 Å². The predicted octanol–water partition coefficient (Wildman–Crippen LogP) is 4.50. The topological polar surface area (TPSA) is 52.3 Å². The molecule has 0 aliphatic rings. The van der Waals surface area contributed by atoms with Gasteiger partial charge < -0.3 is 10.5 Å². The first-order valence-corrected chi connectivity index (χ1v) is 7.25.